The Morgan fingerprint density at radius 1 is 0.875 bits per heavy atom. The number of nitrogens with one attached hydrogen (secondary N) is 1. The summed E-state index contributed by atoms with van der Waals surface area (Å²) < 4.78 is 19.4. The molecule has 1 N–H and O–H groups in total. The van der Waals surface area contributed by atoms with Crippen molar-refractivity contribution >= 4 is 11.9 Å². The van der Waals surface area contributed by atoms with Crippen molar-refractivity contribution in [2.75, 3.05) is 5.43 Å². The minimum atomic E-state index is -0.269. The van der Waals surface area contributed by atoms with E-state index in [9.17, 15) is 4.39 Å². The van der Waals surface area contributed by atoms with Crippen LogP contribution in [-0.2, 0) is 6.61 Å². The van der Waals surface area contributed by atoms with Gasteiger partial charge >= 0.3 is 0 Å². The van der Waals surface area contributed by atoms with E-state index in [1.54, 1.807) is 24.4 Å². The largest absolute Gasteiger partial charge is 0.488 e. The van der Waals surface area contributed by atoms with Gasteiger partial charge in [-0.2, -0.15) is 5.10 Å². The van der Waals surface area contributed by atoms with E-state index in [-0.39, 0.29) is 12.4 Å². The van der Waals surface area contributed by atoms with Crippen LogP contribution in [0.2, 0.25) is 0 Å². The van der Waals surface area contributed by atoms with E-state index >= 15 is 0 Å². The van der Waals surface area contributed by atoms with Gasteiger partial charge in [0.05, 0.1) is 11.9 Å². The second-order valence-corrected chi connectivity index (χ2v) is 5.15. The first-order valence-corrected chi connectivity index (χ1v) is 7.62. The van der Waals surface area contributed by atoms with Gasteiger partial charge in [0.2, 0.25) is 0 Å². The summed E-state index contributed by atoms with van der Waals surface area (Å²) in [7, 11) is 0. The molecule has 0 aromatic heterocycles. The van der Waals surface area contributed by atoms with Crippen LogP contribution in [0.1, 0.15) is 11.1 Å². The van der Waals surface area contributed by atoms with Crippen molar-refractivity contribution in [3.8, 4) is 5.75 Å². The van der Waals surface area contributed by atoms with Crippen molar-refractivity contribution in [1.29, 1.82) is 0 Å². The Kier molecular flexibility index (Phi) is 5.20. The normalized spacial score (nSPS) is 10.7. The van der Waals surface area contributed by atoms with Gasteiger partial charge in [0.1, 0.15) is 18.2 Å². The summed E-state index contributed by atoms with van der Waals surface area (Å²) in [6.07, 6.45) is 1.68. The van der Waals surface area contributed by atoms with Gasteiger partial charge in [0.15, 0.2) is 0 Å². The number of benzene rings is 3. The van der Waals surface area contributed by atoms with Crippen LogP contribution in [0.15, 0.2) is 84.0 Å². The maximum absolute atomic E-state index is 13.7. The molecule has 0 saturated carbocycles. The molecule has 3 rings (SSSR count). The van der Waals surface area contributed by atoms with Gasteiger partial charge in [0, 0.05) is 11.1 Å². The lowest BCUT2D eigenvalue weighted by Gasteiger charge is -2.09. The van der Waals surface area contributed by atoms with Crippen LogP contribution in [0.3, 0.4) is 0 Å². The van der Waals surface area contributed by atoms with Gasteiger partial charge in [-0.15, -0.1) is 0 Å². The first-order valence-electron chi connectivity index (χ1n) is 7.62. The Labute approximate surface area is 140 Å². The molecular formula is C20H17FN2O. The molecule has 0 aliphatic carbocycles. The number of halogens is 1. The zero-order valence-corrected chi connectivity index (χ0v) is 13.0. The van der Waals surface area contributed by atoms with Gasteiger partial charge in [-0.25, -0.2) is 4.39 Å². The molecule has 3 nitrogen and oxygen atoms in total. The monoisotopic (exact) mass is 320 g/mol. The van der Waals surface area contributed by atoms with E-state index < -0.39 is 0 Å². The standard InChI is InChI=1S/C20H17FN2O/c21-19-12-6-4-9-17(19)15-24-20-13-7-5-8-16(20)14-22-23-18-10-2-1-3-11-18/h1-14,23H,15H2/b22-14+. The van der Waals surface area contributed by atoms with Crippen molar-refractivity contribution in [3.63, 3.8) is 0 Å². The Morgan fingerprint density at radius 2 is 1.58 bits per heavy atom. The molecule has 0 radical (unpaired) electrons. The van der Waals surface area contributed by atoms with Gasteiger partial charge in [-0.05, 0) is 30.3 Å². The zero-order valence-electron chi connectivity index (χ0n) is 13.0. The predicted octanol–water partition coefficient (Wildman–Crippen LogP) is 4.85. The zero-order chi connectivity index (χ0) is 16.6. The molecule has 0 saturated heterocycles. The van der Waals surface area contributed by atoms with Crippen LogP contribution in [-0.4, -0.2) is 6.21 Å². The van der Waals surface area contributed by atoms with Crippen molar-refractivity contribution in [1.82, 2.24) is 0 Å². The molecule has 120 valence electrons. The SMILES string of the molecule is Fc1ccccc1COc1ccccc1/C=N/Nc1ccccc1. The second-order valence-electron chi connectivity index (χ2n) is 5.15. The van der Waals surface area contributed by atoms with Crippen LogP contribution in [0.25, 0.3) is 0 Å². The molecule has 0 amide bonds. The van der Waals surface area contributed by atoms with E-state index in [0.29, 0.717) is 11.3 Å². The van der Waals surface area contributed by atoms with E-state index in [4.69, 9.17) is 4.74 Å². The summed E-state index contributed by atoms with van der Waals surface area (Å²) in [5.41, 5.74) is 5.20. The van der Waals surface area contributed by atoms with Crippen LogP contribution in [0.5, 0.6) is 5.75 Å². The molecule has 24 heavy (non-hydrogen) atoms. The quantitative estimate of drug-likeness (QED) is 0.520. The molecule has 3 aromatic rings. The van der Waals surface area contributed by atoms with Gasteiger partial charge in [-0.1, -0.05) is 48.5 Å². The first-order chi connectivity index (χ1) is 11.8. The third-order valence-electron chi connectivity index (χ3n) is 3.43. The lowest BCUT2D eigenvalue weighted by molar-refractivity contribution is 0.299. The molecule has 0 fully saturated rings. The highest BCUT2D eigenvalue weighted by atomic mass is 19.1. The molecule has 0 atom stereocenters. The fourth-order valence-electron chi connectivity index (χ4n) is 2.18. The number of nitrogens with zero attached hydrogens (tertiary/aromatic N) is 1. The van der Waals surface area contributed by atoms with Gasteiger partial charge < -0.3 is 4.74 Å². The first kappa shape index (κ1) is 15.7. The van der Waals surface area contributed by atoms with Crippen LogP contribution >= 0.6 is 0 Å². The van der Waals surface area contributed by atoms with E-state index in [1.807, 2.05) is 54.6 Å². The minimum absolute atomic E-state index is 0.170. The smallest absolute Gasteiger partial charge is 0.129 e. The van der Waals surface area contributed by atoms with E-state index in [2.05, 4.69) is 10.5 Å². The van der Waals surface area contributed by atoms with Crippen LogP contribution < -0.4 is 10.2 Å². The molecule has 0 heterocycles. The Hall–Kier alpha value is -3.14. The topological polar surface area (TPSA) is 33.6 Å². The lowest BCUT2D eigenvalue weighted by Crippen LogP contribution is -2.01. The van der Waals surface area contributed by atoms with E-state index in [0.717, 1.165) is 11.3 Å². The highest BCUT2D eigenvalue weighted by molar-refractivity contribution is 5.83. The molecule has 0 spiro atoms. The Bertz CT molecular complexity index is 819. The van der Waals surface area contributed by atoms with Crippen LogP contribution in [0, 0.1) is 5.82 Å². The maximum Gasteiger partial charge on any atom is 0.129 e. The molecule has 0 bridgehead atoms. The lowest BCUT2D eigenvalue weighted by atomic mass is 10.2. The molecule has 0 unspecified atom stereocenters. The Morgan fingerprint density at radius 3 is 2.42 bits per heavy atom. The fourth-order valence-corrected chi connectivity index (χ4v) is 2.18. The fraction of sp³-hybridized carbons (Fsp3) is 0.0500. The van der Waals surface area contributed by atoms with Gasteiger partial charge in [-0.3, -0.25) is 5.43 Å². The van der Waals surface area contributed by atoms with E-state index in [1.165, 1.54) is 6.07 Å². The summed E-state index contributed by atoms with van der Waals surface area (Å²) in [6.45, 7) is 0.170. The number of anilines is 1. The van der Waals surface area contributed by atoms with Crippen molar-refractivity contribution in [2.24, 2.45) is 5.10 Å². The summed E-state index contributed by atoms with van der Waals surface area (Å²) in [6, 6.07) is 23.8. The Balaban J connectivity index is 1.68. The number of para-hydroxylation sites is 2. The highest BCUT2D eigenvalue weighted by Gasteiger charge is 2.04. The third-order valence-corrected chi connectivity index (χ3v) is 3.43. The van der Waals surface area contributed by atoms with Crippen molar-refractivity contribution in [3.05, 3.63) is 95.8 Å². The maximum atomic E-state index is 13.7. The molecular weight excluding hydrogens is 303 g/mol. The van der Waals surface area contributed by atoms with Crippen LogP contribution in [0.4, 0.5) is 10.1 Å². The average molecular weight is 320 g/mol. The minimum Gasteiger partial charge on any atom is -0.488 e. The number of rotatable bonds is 6. The highest BCUT2D eigenvalue weighted by Crippen LogP contribution is 2.18. The summed E-state index contributed by atoms with van der Waals surface area (Å²) in [4.78, 5) is 0. The number of hydrogen-bond acceptors (Lipinski definition) is 3. The number of hydrogen-bond donors (Lipinski definition) is 1. The van der Waals surface area contributed by atoms with Crippen molar-refractivity contribution < 1.29 is 9.13 Å². The molecule has 4 heteroatoms. The molecule has 0 aliphatic heterocycles. The van der Waals surface area contributed by atoms with Gasteiger partial charge in [0.25, 0.3) is 0 Å². The third kappa shape index (κ3) is 4.20. The van der Waals surface area contributed by atoms with Crippen molar-refractivity contribution in [2.45, 2.75) is 6.61 Å². The number of hydrazone groups is 1. The second kappa shape index (κ2) is 7.92. The summed E-state index contributed by atoms with van der Waals surface area (Å²) in [5, 5.41) is 4.22. The summed E-state index contributed by atoms with van der Waals surface area (Å²) in [5.74, 6) is 0.383. The molecule has 0 aliphatic rings. The molecule has 3 aromatic carbocycles. The average Bonchev–Trinajstić information content (AvgIpc) is 2.63. The summed E-state index contributed by atoms with van der Waals surface area (Å²) >= 11 is 0. The number of ether oxygens (including phenoxy) is 1. The predicted molar refractivity (Wildman–Crippen MR) is 94.8 cm³/mol.